The van der Waals surface area contributed by atoms with Gasteiger partial charge in [-0.3, -0.25) is 4.98 Å². The smallest absolute Gasteiger partial charge is 0.339 e. The molecule has 110 valence electrons. The van der Waals surface area contributed by atoms with E-state index in [0.29, 0.717) is 18.7 Å². The molecule has 1 aromatic carbocycles. The highest BCUT2D eigenvalue weighted by molar-refractivity contribution is 5.88. The largest absolute Gasteiger partial charge is 0.487 e. The van der Waals surface area contributed by atoms with E-state index in [9.17, 15) is 4.79 Å². The number of benzene rings is 1. The minimum absolute atomic E-state index is 0.336. The first kappa shape index (κ1) is 15.0. The Hall–Kier alpha value is -2.40. The molecule has 2 N–H and O–H groups in total. The second-order valence-corrected chi connectivity index (χ2v) is 4.46. The van der Waals surface area contributed by atoms with Crippen LogP contribution in [0, 0.1) is 0 Å². The number of carbonyl (C=O) groups is 1. The van der Waals surface area contributed by atoms with Crippen molar-refractivity contribution in [3.05, 3.63) is 59.4 Å². The van der Waals surface area contributed by atoms with Gasteiger partial charge >= 0.3 is 5.97 Å². The van der Waals surface area contributed by atoms with E-state index in [2.05, 4.69) is 9.72 Å². The van der Waals surface area contributed by atoms with Crippen molar-refractivity contribution in [2.24, 2.45) is 5.73 Å². The van der Waals surface area contributed by atoms with Gasteiger partial charge in [-0.25, -0.2) is 4.79 Å². The van der Waals surface area contributed by atoms with Crippen molar-refractivity contribution in [2.45, 2.75) is 13.0 Å². The summed E-state index contributed by atoms with van der Waals surface area (Å²) in [5, 5.41) is 0. The summed E-state index contributed by atoms with van der Waals surface area (Å²) in [5.41, 5.74) is 7.82. The normalized spacial score (nSPS) is 10.2. The molecule has 0 saturated heterocycles. The van der Waals surface area contributed by atoms with Crippen LogP contribution in [0.4, 0.5) is 0 Å². The van der Waals surface area contributed by atoms with Crippen molar-refractivity contribution in [3.63, 3.8) is 0 Å². The van der Waals surface area contributed by atoms with Crippen LogP contribution in [0.15, 0.2) is 42.6 Å². The van der Waals surface area contributed by atoms with Crippen LogP contribution < -0.4 is 10.5 Å². The second-order valence-electron chi connectivity index (χ2n) is 4.46. The van der Waals surface area contributed by atoms with E-state index in [1.807, 2.05) is 24.3 Å². The number of ether oxygens (including phenoxy) is 2. The van der Waals surface area contributed by atoms with Crippen LogP contribution in [0.25, 0.3) is 0 Å². The van der Waals surface area contributed by atoms with Crippen LogP contribution in [0.5, 0.6) is 5.75 Å². The lowest BCUT2D eigenvalue weighted by Crippen LogP contribution is -2.06. The van der Waals surface area contributed by atoms with Crippen molar-refractivity contribution in [1.82, 2.24) is 4.98 Å². The Balaban J connectivity index is 2.01. The number of nitrogens with zero attached hydrogens (tertiary/aromatic N) is 1. The molecule has 2 aromatic rings. The average molecular weight is 286 g/mol. The third kappa shape index (κ3) is 4.03. The van der Waals surface area contributed by atoms with Crippen LogP contribution in [0.3, 0.4) is 0 Å². The van der Waals surface area contributed by atoms with Crippen LogP contribution in [0.1, 0.15) is 21.6 Å². The summed E-state index contributed by atoms with van der Waals surface area (Å²) >= 11 is 0. The molecule has 5 heteroatoms. The van der Waals surface area contributed by atoms with Crippen molar-refractivity contribution in [3.8, 4) is 5.75 Å². The molecule has 0 saturated carbocycles. The summed E-state index contributed by atoms with van der Waals surface area (Å²) in [6.45, 7) is 0.912. The number of para-hydroxylation sites is 1. The van der Waals surface area contributed by atoms with Crippen molar-refractivity contribution in [1.29, 1.82) is 0 Å². The van der Waals surface area contributed by atoms with E-state index < -0.39 is 5.97 Å². The molecule has 0 radical (unpaired) electrons. The second kappa shape index (κ2) is 7.40. The number of nitrogens with two attached hydrogens (primary N) is 1. The SMILES string of the molecule is COC(=O)c1ccc(COc2ccccc2CCN)nc1. The molecule has 0 unspecified atom stereocenters. The number of esters is 1. The maximum atomic E-state index is 11.3. The monoisotopic (exact) mass is 286 g/mol. The number of aromatic nitrogens is 1. The van der Waals surface area contributed by atoms with Crippen LogP contribution in [-0.2, 0) is 17.8 Å². The van der Waals surface area contributed by atoms with Gasteiger partial charge in [-0.05, 0) is 36.7 Å². The predicted octanol–water partition coefficient (Wildman–Crippen LogP) is 1.95. The quantitative estimate of drug-likeness (QED) is 0.821. The van der Waals surface area contributed by atoms with Crippen molar-refractivity contribution >= 4 is 5.97 Å². The molecular weight excluding hydrogens is 268 g/mol. The Morgan fingerprint density at radius 3 is 2.71 bits per heavy atom. The minimum Gasteiger partial charge on any atom is -0.487 e. The number of pyridine rings is 1. The van der Waals surface area contributed by atoms with Crippen molar-refractivity contribution in [2.75, 3.05) is 13.7 Å². The molecule has 0 aliphatic rings. The van der Waals surface area contributed by atoms with Gasteiger partial charge in [-0.2, -0.15) is 0 Å². The highest BCUT2D eigenvalue weighted by Gasteiger charge is 2.07. The van der Waals surface area contributed by atoms with Crippen molar-refractivity contribution < 1.29 is 14.3 Å². The summed E-state index contributed by atoms with van der Waals surface area (Å²) in [6, 6.07) is 11.2. The third-order valence-electron chi connectivity index (χ3n) is 3.01. The van der Waals surface area contributed by atoms with Gasteiger partial charge in [-0.1, -0.05) is 18.2 Å². The zero-order valence-corrected chi connectivity index (χ0v) is 11.9. The van der Waals surface area contributed by atoms with Gasteiger partial charge in [0.15, 0.2) is 0 Å². The molecule has 0 aliphatic heterocycles. The van der Waals surface area contributed by atoms with Gasteiger partial charge in [0.25, 0.3) is 0 Å². The van der Waals surface area contributed by atoms with Crippen LogP contribution >= 0.6 is 0 Å². The number of hydrogen-bond donors (Lipinski definition) is 1. The summed E-state index contributed by atoms with van der Waals surface area (Å²) in [5.74, 6) is 0.407. The van der Waals surface area contributed by atoms with Gasteiger partial charge in [0.1, 0.15) is 12.4 Å². The fourth-order valence-electron chi connectivity index (χ4n) is 1.91. The zero-order valence-electron chi connectivity index (χ0n) is 11.9. The molecule has 21 heavy (non-hydrogen) atoms. The molecule has 1 heterocycles. The molecule has 0 aliphatic carbocycles. The first-order valence-electron chi connectivity index (χ1n) is 6.68. The Labute approximate surface area is 123 Å². The molecule has 0 amide bonds. The van der Waals surface area contributed by atoms with Crippen LogP contribution in [-0.4, -0.2) is 24.6 Å². The topological polar surface area (TPSA) is 74.4 Å². The van der Waals surface area contributed by atoms with E-state index in [0.717, 1.165) is 23.4 Å². The Kier molecular flexibility index (Phi) is 5.29. The van der Waals surface area contributed by atoms with E-state index in [-0.39, 0.29) is 0 Å². The van der Waals surface area contributed by atoms with E-state index in [1.165, 1.54) is 13.3 Å². The molecule has 0 bridgehead atoms. The fourth-order valence-corrected chi connectivity index (χ4v) is 1.91. The molecular formula is C16H18N2O3. The Morgan fingerprint density at radius 1 is 1.24 bits per heavy atom. The molecule has 1 aromatic heterocycles. The highest BCUT2D eigenvalue weighted by atomic mass is 16.5. The standard InChI is InChI=1S/C16H18N2O3/c1-20-16(19)13-6-7-14(18-10-13)11-21-15-5-3-2-4-12(15)8-9-17/h2-7,10H,8-9,11,17H2,1H3. The Morgan fingerprint density at radius 2 is 2.05 bits per heavy atom. The summed E-state index contributed by atoms with van der Waals surface area (Å²) in [6.07, 6.45) is 2.25. The fraction of sp³-hybridized carbons (Fsp3) is 0.250. The predicted molar refractivity (Wildman–Crippen MR) is 79.1 cm³/mol. The first-order chi connectivity index (χ1) is 10.2. The lowest BCUT2D eigenvalue weighted by Gasteiger charge is -2.10. The molecule has 2 rings (SSSR count). The average Bonchev–Trinajstić information content (AvgIpc) is 2.54. The summed E-state index contributed by atoms with van der Waals surface area (Å²) in [4.78, 5) is 15.5. The van der Waals surface area contributed by atoms with Gasteiger partial charge in [-0.15, -0.1) is 0 Å². The highest BCUT2D eigenvalue weighted by Crippen LogP contribution is 2.19. The van der Waals surface area contributed by atoms with E-state index >= 15 is 0 Å². The first-order valence-corrected chi connectivity index (χ1v) is 6.68. The number of hydrogen-bond acceptors (Lipinski definition) is 5. The lowest BCUT2D eigenvalue weighted by atomic mass is 10.1. The van der Waals surface area contributed by atoms with Gasteiger partial charge in [0, 0.05) is 6.20 Å². The Bertz CT molecular complexity index is 597. The number of rotatable bonds is 6. The molecule has 5 nitrogen and oxygen atoms in total. The maximum Gasteiger partial charge on any atom is 0.339 e. The van der Waals surface area contributed by atoms with Gasteiger partial charge in [0.2, 0.25) is 0 Å². The molecule has 0 atom stereocenters. The maximum absolute atomic E-state index is 11.3. The number of methoxy groups -OCH3 is 1. The van der Waals surface area contributed by atoms with E-state index in [1.54, 1.807) is 12.1 Å². The number of carbonyl (C=O) groups excluding carboxylic acids is 1. The van der Waals surface area contributed by atoms with Crippen LogP contribution in [0.2, 0.25) is 0 Å². The molecule has 0 spiro atoms. The molecule has 0 fully saturated rings. The van der Waals surface area contributed by atoms with Gasteiger partial charge < -0.3 is 15.2 Å². The summed E-state index contributed by atoms with van der Waals surface area (Å²) < 4.78 is 10.4. The zero-order chi connectivity index (χ0) is 15.1. The lowest BCUT2D eigenvalue weighted by molar-refractivity contribution is 0.0600. The third-order valence-corrected chi connectivity index (χ3v) is 3.01. The van der Waals surface area contributed by atoms with E-state index in [4.69, 9.17) is 10.5 Å². The van der Waals surface area contributed by atoms with Gasteiger partial charge in [0.05, 0.1) is 18.4 Å². The minimum atomic E-state index is -0.400. The summed E-state index contributed by atoms with van der Waals surface area (Å²) in [7, 11) is 1.34.